The van der Waals surface area contributed by atoms with Crippen LogP contribution in [0.1, 0.15) is 17.7 Å². The molecule has 1 aliphatic carbocycles. The number of aromatic nitrogens is 2. The van der Waals surface area contributed by atoms with Crippen molar-refractivity contribution >= 4 is 12.4 Å². The number of hydrogen-bond acceptors (Lipinski definition) is 5. The quantitative estimate of drug-likeness (QED) is 0.726. The smallest absolute Gasteiger partial charge is 0.137 e. The highest BCUT2D eigenvalue weighted by Gasteiger charge is 2.22. The lowest BCUT2D eigenvalue weighted by Gasteiger charge is -2.23. The van der Waals surface area contributed by atoms with Gasteiger partial charge in [0.05, 0.1) is 42.9 Å². The van der Waals surface area contributed by atoms with E-state index in [1.807, 2.05) is 48.9 Å². The number of nitrogens with zero attached hydrogens (tertiary/aromatic N) is 5. The first kappa shape index (κ1) is 17.0. The molecule has 0 saturated heterocycles. The summed E-state index contributed by atoms with van der Waals surface area (Å²) in [6, 6.07) is 10.1. The molecule has 0 radical (unpaired) electrons. The van der Waals surface area contributed by atoms with Gasteiger partial charge in [-0.25, -0.2) is 4.98 Å². The van der Waals surface area contributed by atoms with Crippen molar-refractivity contribution in [3.63, 3.8) is 0 Å². The van der Waals surface area contributed by atoms with Gasteiger partial charge in [0.2, 0.25) is 0 Å². The molecule has 6 nitrogen and oxygen atoms in total. The minimum atomic E-state index is -0.286. The van der Waals surface area contributed by atoms with Gasteiger partial charge in [0.25, 0.3) is 0 Å². The van der Waals surface area contributed by atoms with E-state index in [1.54, 1.807) is 12.4 Å². The Bertz CT molecular complexity index is 990. The van der Waals surface area contributed by atoms with Crippen molar-refractivity contribution in [3.05, 3.63) is 71.3 Å². The molecular formula is C21H19N5O. The lowest BCUT2D eigenvalue weighted by molar-refractivity contribution is 0.238. The van der Waals surface area contributed by atoms with Crippen molar-refractivity contribution in [3.8, 4) is 11.8 Å². The van der Waals surface area contributed by atoms with Gasteiger partial charge in [-0.2, -0.15) is 5.26 Å². The molecule has 1 aromatic heterocycles. The molecule has 4 rings (SSSR count). The van der Waals surface area contributed by atoms with E-state index in [2.05, 4.69) is 25.6 Å². The number of nitriles is 1. The maximum absolute atomic E-state index is 9.47. The van der Waals surface area contributed by atoms with Gasteiger partial charge in [-0.15, -0.1) is 0 Å². The van der Waals surface area contributed by atoms with Gasteiger partial charge in [0.15, 0.2) is 0 Å². The molecule has 2 aromatic rings. The van der Waals surface area contributed by atoms with Crippen LogP contribution in [0.5, 0.6) is 5.75 Å². The Hall–Kier alpha value is -3.46. The molecule has 134 valence electrons. The number of benzene rings is 1. The predicted molar refractivity (Wildman–Crippen MR) is 104 cm³/mol. The highest BCUT2D eigenvalue weighted by molar-refractivity contribution is 6.15. The van der Waals surface area contributed by atoms with E-state index in [-0.39, 0.29) is 6.10 Å². The van der Waals surface area contributed by atoms with Crippen LogP contribution in [-0.2, 0) is 19.6 Å². The van der Waals surface area contributed by atoms with Crippen molar-refractivity contribution in [1.29, 1.82) is 5.26 Å². The van der Waals surface area contributed by atoms with Crippen LogP contribution >= 0.6 is 0 Å². The first-order valence-electron chi connectivity index (χ1n) is 8.84. The van der Waals surface area contributed by atoms with E-state index in [4.69, 9.17) is 4.74 Å². The van der Waals surface area contributed by atoms with Crippen LogP contribution in [0.15, 0.2) is 70.1 Å². The van der Waals surface area contributed by atoms with Crippen LogP contribution in [0.4, 0.5) is 0 Å². The number of ether oxygens (including phenoxy) is 1. The fourth-order valence-electron chi connectivity index (χ4n) is 3.18. The lowest BCUT2D eigenvalue weighted by atomic mass is 9.95. The number of imidazole rings is 1. The largest absolute Gasteiger partial charge is 0.485 e. The minimum absolute atomic E-state index is 0.286. The summed E-state index contributed by atoms with van der Waals surface area (Å²) in [5, 5.41) is 9.47. The summed E-state index contributed by atoms with van der Waals surface area (Å²) in [6.07, 6.45) is 11.3. The molecule has 0 N–H and O–H groups in total. The first-order valence-corrected chi connectivity index (χ1v) is 8.84. The van der Waals surface area contributed by atoms with Gasteiger partial charge in [-0.05, 0) is 29.3 Å². The molecule has 0 fully saturated rings. The highest BCUT2D eigenvalue weighted by Crippen LogP contribution is 2.26. The van der Waals surface area contributed by atoms with Gasteiger partial charge < -0.3 is 9.30 Å². The molecular weight excluding hydrogens is 338 g/mol. The fourth-order valence-corrected chi connectivity index (χ4v) is 3.18. The first-order chi connectivity index (χ1) is 13.3. The molecule has 2 heterocycles. The van der Waals surface area contributed by atoms with Crippen molar-refractivity contribution in [2.45, 2.75) is 32.2 Å². The maximum Gasteiger partial charge on any atom is 0.137 e. The average Bonchev–Trinajstić information content (AvgIpc) is 3.11. The van der Waals surface area contributed by atoms with Gasteiger partial charge in [0, 0.05) is 25.4 Å². The van der Waals surface area contributed by atoms with Gasteiger partial charge in [0.1, 0.15) is 11.9 Å². The SMILES string of the molecule is N#CC1=CC=C2CC1Oc1cccc(c1)C/N=C/C=N/Cc1cncn1C2. The number of aliphatic imine (C=N–C) groups is 2. The normalized spacial score (nSPS) is 21.7. The van der Waals surface area contributed by atoms with Crippen LogP contribution < -0.4 is 4.74 Å². The van der Waals surface area contributed by atoms with Crippen molar-refractivity contribution < 1.29 is 4.74 Å². The second-order valence-corrected chi connectivity index (χ2v) is 6.51. The second kappa shape index (κ2) is 7.83. The monoisotopic (exact) mass is 357 g/mol. The topological polar surface area (TPSA) is 75.6 Å². The zero-order valence-electron chi connectivity index (χ0n) is 14.8. The summed E-state index contributed by atoms with van der Waals surface area (Å²) in [6.45, 7) is 1.81. The summed E-state index contributed by atoms with van der Waals surface area (Å²) in [4.78, 5) is 13.0. The molecule has 1 aliphatic heterocycles. The summed E-state index contributed by atoms with van der Waals surface area (Å²) in [5.74, 6) is 0.749. The van der Waals surface area contributed by atoms with Crippen LogP contribution in [-0.4, -0.2) is 28.1 Å². The van der Waals surface area contributed by atoms with Crippen molar-refractivity contribution in [1.82, 2.24) is 9.55 Å². The molecule has 27 heavy (non-hydrogen) atoms. The van der Waals surface area contributed by atoms with Crippen molar-refractivity contribution in [2.75, 3.05) is 0 Å². The molecule has 1 unspecified atom stereocenters. The molecule has 1 aromatic carbocycles. The Kier molecular flexibility index (Phi) is 4.93. The Balaban J connectivity index is 1.68. The van der Waals surface area contributed by atoms with E-state index < -0.39 is 0 Å². The Labute approximate surface area is 157 Å². The summed E-state index contributed by atoms with van der Waals surface area (Å²) in [7, 11) is 0. The van der Waals surface area contributed by atoms with Crippen LogP contribution in [0.3, 0.4) is 0 Å². The molecule has 0 amide bonds. The molecule has 6 heteroatoms. The van der Waals surface area contributed by atoms with Crippen molar-refractivity contribution in [2.24, 2.45) is 9.98 Å². The third-order valence-corrected chi connectivity index (χ3v) is 4.58. The summed E-state index contributed by atoms with van der Waals surface area (Å²) in [5.41, 5.74) is 3.91. The van der Waals surface area contributed by atoms with Gasteiger partial charge >= 0.3 is 0 Å². The number of hydrogen-bond donors (Lipinski definition) is 0. The van der Waals surface area contributed by atoms with Gasteiger partial charge in [-0.3, -0.25) is 9.98 Å². The Morgan fingerprint density at radius 1 is 1.15 bits per heavy atom. The molecule has 4 bridgehead atoms. The van der Waals surface area contributed by atoms with E-state index >= 15 is 0 Å². The molecule has 0 saturated carbocycles. The Morgan fingerprint density at radius 2 is 2.04 bits per heavy atom. The fraction of sp³-hybridized carbons (Fsp3) is 0.238. The zero-order chi connectivity index (χ0) is 18.5. The number of rotatable bonds is 0. The van der Waals surface area contributed by atoms with E-state index in [1.165, 1.54) is 5.57 Å². The van der Waals surface area contributed by atoms with E-state index in [0.29, 0.717) is 31.6 Å². The van der Waals surface area contributed by atoms with E-state index in [0.717, 1.165) is 17.0 Å². The van der Waals surface area contributed by atoms with Crippen LogP contribution in [0.25, 0.3) is 0 Å². The lowest BCUT2D eigenvalue weighted by Crippen LogP contribution is -2.23. The van der Waals surface area contributed by atoms with E-state index in [9.17, 15) is 5.26 Å². The van der Waals surface area contributed by atoms with Crippen LogP contribution in [0.2, 0.25) is 0 Å². The average molecular weight is 357 g/mol. The minimum Gasteiger partial charge on any atom is -0.485 e. The third-order valence-electron chi connectivity index (χ3n) is 4.58. The highest BCUT2D eigenvalue weighted by atomic mass is 16.5. The molecule has 2 aliphatic rings. The third kappa shape index (κ3) is 4.04. The summed E-state index contributed by atoms with van der Waals surface area (Å²) < 4.78 is 8.24. The van der Waals surface area contributed by atoms with Gasteiger partial charge in [-0.1, -0.05) is 18.2 Å². The molecule has 1 atom stereocenters. The molecule has 0 spiro atoms. The maximum atomic E-state index is 9.47. The summed E-state index contributed by atoms with van der Waals surface area (Å²) >= 11 is 0. The predicted octanol–water partition coefficient (Wildman–Crippen LogP) is 3.27. The standard InChI is InChI=1S/C21H19N5O/c22-10-18-5-4-17-9-21(18)27-20-3-1-2-16(8-20)11-23-6-7-24-12-19-13-25-15-26(19)14-17/h1-8,13,15,21H,9,11-12,14H2/b23-6+,24-7+. The van der Waals surface area contributed by atoms with Crippen LogP contribution in [0, 0.1) is 11.3 Å². The number of fused-ring (bicyclic) bond motifs is 5. The Morgan fingerprint density at radius 3 is 2.93 bits per heavy atom. The zero-order valence-corrected chi connectivity index (χ0v) is 14.8. The second-order valence-electron chi connectivity index (χ2n) is 6.51. The number of allylic oxidation sites excluding steroid dienone is 2.